The van der Waals surface area contributed by atoms with Crippen LogP contribution in [0.3, 0.4) is 0 Å². The first-order valence-corrected chi connectivity index (χ1v) is 9.10. The molecule has 2 aliphatic rings. The van der Waals surface area contributed by atoms with Crippen LogP contribution >= 0.6 is 0 Å². The first-order chi connectivity index (χ1) is 13.8. The van der Waals surface area contributed by atoms with Gasteiger partial charge in [0.1, 0.15) is 11.6 Å². The summed E-state index contributed by atoms with van der Waals surface area (Å²) in [6, 6.07) is 3.41. The van der Waals surface area contributed by atoms with Crippen molar-refractivity contribution in [1.29, 1.82) is 0 Å². The Kier molecular flexibility index (Phi) is 4.79. The highest BCUT2D eigenvalue weighted by Gasteiger charge is 2.49. The van der Waals surface area contributed by atoms with Gasteiger partial charge < -0.3 is 15.0 Å². The molecule has 1 aromatic carbocycles. The Balaban J connectivity index is 1.51. The molecule has 0 spiro atoms. The molecule has 29 heavy (non-hydrogen) atoms. The van der Waals surface area contributed by atoms with E-state index in [-0.39, 0.29) is 41.3 Å². The van der Waals surface area contributed by atoms with Gasteiger partial charge in [-0.15, -0.1) is 0 Å². The van der Waals surface area contributed by atoms with E-state index in [0.29, 0.717) is 6.42 Å². The molecule has 2 saturated heterocycles. The van der Waals surface area contributed by atoms with E-state index < -0.39 is 17.6 Å². The number of methoxy groups -OCH3 is 1. The lowest BCUT2D eigenvalue weighted by molar-refractivity contribution is -0.138. The second-order valence-corrected chi connectivity index (χ2v) is 7.14. The third-order valence-corrected chi connectivity index (χ3v) is 5.46. The SMILES string of the molecule is COc1cc(F)ccc1C(=O)N1C2CCC1C(Nc1ncc(C(F)(F)F)cn1)C2. The third-order valence-electron chi connectivity index (χ3n) is 5.46. The Bertz CT molecular complexity index is 919. The third kappa shape index (κ3) is 3.58. The predicted octanol–water partition coefficient (Wildman–Crippen LogP) is 3.50. The fourth-order valence-electron chi connectivity index (χ4n) is 4.16. The number of benzene rings is 1. The van der Waals surface area contributed by atoms with Crippen LogP contribution in [0.1, 0.15) is 35.2 Å². The van der Waals surface area contributed by atoms with Gasteiger partial charge in [-0.25, -0.2) is 14.4 Å². The van der Waals surface area contributed by atoms with E-state index in [9.17, 15) is 22.4 Å². The molecule has 3 heterocycles. The van der Waals surface area contributed by atoms with Crippen LogP contribution < -0.4 is 10.1 Å². The second-order valence-electron chi connectivity index (χ2n) is 7.14. The lowest BCUT2D eigenvalue weighted by atomic mass is 9.96. The highest BCUT2D eigenvalue weighted by molar-refractivity contribution is 5.97. The van der Waals surface area contributed by atoms with E-state index in [2.05, 4.69) is 15.3 Å². The van der Waals surface area contributed by atoms with Gasteiger partial charge in [-0.2, -0.15) is 13.2 Å². The van der Waals surface area contributed by atoms with E-state index in [1.165, 1.54) is 19.2 Å². The van der Waals surface area contributed by atoms with Crippen molar-refractivity contribution >= 4 is 11.9 Å². The molecule has 2 fully saturated rings. The largest absolute Gasteiger partial charge is 0.496 e. The van der Waals surface area contributed by atoms with Gasteiger partial charge in [-0.3, -0.25) is 4.79 Å². The van der Waals surface area contributed by atoms with E-state index in [1.807, 2.05) is 0 Å². The van der Waals surface area contributed by atoms with Gasteiger partial charge in [0.25, 0.3) is 5.91 Å². The Morgan fingerprint density at radius 1 is 1.24 bits per heavy atom. The number of anilines is 1. The Morgan fingerprint density at radius 2 is 1.97 bits per heavy atom. The average Bonchev–Trinajstić information content (AvgIpc) is 3.24. The maximum Gasteiger partial charge on any atom is 0.419 e. The molecule has 4 rings (SSSR count). The molecule has 1 amide bonds. The van der Waals surface area contributed by atoms with E-state index in [4.69, 9.17) is 4.74 Å². The van der Waals surface area contributed by atoms with Gasteiger partial charge in [-0.1, -0.05) is 0 Å². The zero-order chi connectivity index (χ0) is 20.8. The van der Waals surface area contributed by atoms with E-state index >= 15 is 0 Å². The molecule has 3 unspecified atom stereocenters. The summed E-state index contributed by atoms with van der Waals surface area (Å²) >= 11 is 0. The number of halogens is 4. The smallest absolute Gasteiger partial charge is 0.419 e. The van der Waals surface area contributed by atoms with Gasteiger partial charge in [0.15, 0.2) is 0 Å². The minimum absolute atomic E-state index is 0.0193. The van der Waals surface area contributed by atoms with Gasteiger partial charge in [0, 0.05) is 24.5 Å². The summed E-state index contributed by atoms with van der Waals surface area (Å²) in [6.07, 6.45) is -0.833. The van der Waals surface area contributed by atoms with E-state index in [0.717, 1.165) is 31.3 Å². The minimum Gasteiger partial charge on any atom is -0.496 e. The summed E-state index contributed by atoms with van der Waals surface area (Å²) in [7, 11) is 1.37. The molecule has 10 heteroatoms. The molecular formula is C19H18F4N4O2. The normalized spacial score (nSPS) is 23.3. The van der Waals surface area contributed by atoms with Crippen molar-refractivity contribution in [2.45, 2.75) is 43.6 Å². The molecular weight excluding hydrogens is 392 g/mol. The standard InChI is InChI=1S/C19H18F4N4O2/c1-29-16-6-11(20)2-4-13(16)17(28)27-12-3-5-15(27)14(7-12)26-18-24-8-10(9-25-18)19(21,22)23/h2,4,6,8-9,12,14-15H,3,5,7H2,1H3,(H,24,25,26). The molecule has 1 N–H and O–H groups in total. The van der Waals surface area contributed by atoms with Crippen LogP contribution in [0.25, 0.3) is 0 Å². The molecule has 3 atom stereocenters. The first kappa shape index (κ1) is 19.4. The summed E-state index contributed by atoms with van der Waals surface area (Å²) in [4.78, 5) is 22.3. The van der Waals surface area contributed by atoms with Crippen LogP contribution in [0.5, 0.6) is 5.75 Å². The fourth-order valence-corrected chi connectivity index (χ4v) is 4.16. The number of rotatable bonds is 4. The van der Waals surface area contributed by atoms with E-state index in [1.54, 1.807) is 4.90 Å². The van der Waals surface area contributed by atoms with Crippen LogP contribution in [-0.2, 0) is 6.18 Å². The van der Waals surface area contributed by atoms with Crippen molar-refractivity contribution < 1.29 is 27.1 Å². The zero-order valence-electron chi connectivity index (χ0n) is 15.4. The summed E-state index contributed by atoms with van der Waals surface area (Å²) in [5, 5.41) is 3.05. The van der Waals surface area contributed by atoms with Crippen LogP contribution in [0.15, 0.2) is 30.6 Å². The summed E-state index contributed by atoms with van der Waals surface area (Å²) in [5.41, 5.74) is -0.645. The number of aromatic nitrogens is 2. The summed E-state index contributed by atoms with van der Waals surface area (Å²) in [5.74, 6) is -0.507. The van der Waals surface area contributed by atoms with Crippen molar-refractivity contribution in [3.8, 4) is 5.75 Å². The number of carbonyl (C=O) groups excluding carboxylic acids is 1. The van der Waals surface area contributed by atoms with Crippen LogP contribution in [0.4, 0.5) is 23.5 Å². The van der Waals surface area contributed by atoms with Crippen LogP contribution in [0, 0.1) is 5.82 Å². The molecule has 2 aliphatic heterocycles. The van der Waals surface area contributed by atoms with Crippen LogP contribution in [0.2, 0.25) is 0 Å². The molecule has 1 aromatic heterocycles. The molecule has 0 radical (unpaired) electrons. The number of fused-ring (bicyclic) bond motifs is 2. The number of ether oxygens (including phenoxy) is 1. The monoisotopic (exact) mass is 410 g/mol. The quantitative estimate of drug-likeness (QED) is 0.782. The molecule has 2 aromatic rings. The van der Waals surface area contributed by atoms with Crippen molar-refractivity contribution in [2.24, 2.45) is 0 Å². The first-order valence-electron chi connectivity index (χ1n) is 9.10. The average molecular weight is 410 g/mol. The molecule has 0 aliphatic carbocycles. The topological polar surface area (TPSA) is 67.3 Å². The van der Waals surface area contributed by atoms with Gasteiger partial charge >= 0.3 is 6.18 Å². The number of hydrogen-bond donors (Lipinski definition) is 1. The predicted molar refractivity (Wildman–Crippen MR) is 95.0 cm³/mol. The van der Waals surface area contributed by atoms with Gasteiger partial charge in [0.05, 0.1) is 30.3 Å². The summed E-state index contributed by atoms with van der Waals surface area (Å²) in [6.45, 7) is 0. The number of nitrogens with one attached hydrogen (secondary N) is 1. The maximum atomic E-state index is 13.4. The highest BCUT2D eigenvalue weighted by Crippen LogP contribution is 2.40. The number of alkyl halides is 3. The van der Waals surface area contributed by atoms with Gasteiger partial charge in [-0.05, 0) is 31.4 Å². The molecule has 2 bridgehead atoms. The molecule has 154 valence electrons. The fraction of sp³-hybridized carbons (Fsp3) is 0.421. The van der Waals surface area contributed by atoms with Crippen molar-refractivity contribution in [1.82, 2.24) is 14.9 Å². The summed E-state index contributed by atoms with van der Waals surface area (Å²) < 4.78 is 56.6. The Labute approximate surface area is 163 Å². The Morgan fingerprint density at radius 3 is 2.62 bits per heavy atom. The number of nitrogens with zero attached hydrogens (tertiary/aromatic N) is 3. The molecule has 6 nitrogen and oxygen atoms in total. The Hall–Kier alpha value is -2.91. The van der Waals surface area contributed by atoms with Crippen molar-refractivity contribution in [3.63, 3.8) is 0 Å². The van der Waals surface area contributed by atoms with Gasteiger partial charge in [0.2, 0.25) is 5.95 Å². The van der Waals surface area contributed by atoms with Crippen molar-refractivity contribution in [3.05, 3.63) is 47.5 Å². The lowest BCUT2D eigenvalue weighted by Gasteiger charge is -2.25. The number of amides is 1. The number of carbonyl (C=O) groups is 1. The minimum atomic E-state index is -4.50. The number of hydrogen-bond acceptors (Lipinski definition) is 5. The maximum absolute atomic E-state index is 13.4. The second kappa shape index (κ2) is 7.16. The lowest BCUT2D eigenvalue weighted by Crippen LogP contribution is -2.40. The van der Waals surface area contributed by atoms with Crippen molar-refractivity contribution in [2.75, 3.05) is 12.4 Å². The van der Waals surface area contributed by atoms with Crippen LogP contribution in [-0.4, -0.2) is 46.0 Å². The highest BCUT2D eigenvalue weighted by atomic mass is 19.4. The molecule has 0 saturated carbocycles. The zero-order valence-corrected chi connectivity index (χ0v) is 15.4.